The lowest BCUT2D eigenvalue weighted by molar-refractivity contribution is -0.120. The molecule has 1 saturated heterocycles. The molecule has 0 saturated carbocycles. The Labute approximate surface area is 164 Å². The second-order valence-corrected chi connectivity index (χ2v) is 7.59. The van der Waals surface area contributed by atoms with Crippen LogP contribution in [0.1, 0.15) is 37.4 Å². The zero-order valence-electron chi connectivity index (χ0n) is 15.9. The van der Waals surface area contributed by atoms with E-state index in [1.165, 1.54) is 4.90 Å². The van der Waals surface area contributed by atoms with Crippen molar-refractivity contribution >= 4 is 17.6 Å². The Morgan fingerprint density at radius 3 is 2.55 bits per heavy atom. The summed E-state index contributed by atoms with van der Waals surface area (Å²) in [5.41, 5.74) is 1.35. The third kappa shape index (κ3) is 3.43. The van der Waals surface area contributed by atoms with Gasteiger partial charge in [-0.05, 0) is 20.3 Å². The van der Waals surface area contributed by atoms with Crippen LogP contribution in [0.5, 0.6) is 0 Å². The molecule has 0 aliphatic carbocycles. The third-order valence-corrected chi connectivity index (χ3v) is 5.44. The highest BCUT2D eigenvalue weighted by atomic mass is 19.2. The highest BCUT2D eigenvalue weighted by Crippen LogP contribution is 2.32. The lowest BCUT2D eigenvalue weighted by Gasteiger charge is -2.34. The van der Waals surface area contributed by atoms with E-state index in [2.05, 4.69) is 15.7 Å². The molecule has 2 aromatic rings. The van der Waals surface area contributed by atoms with Gasteiger partial charge in [-0.3, -0.25) is 9.48 Å². The quantitative estimate of drug-likeness (QED) is 0.752. The summed E-state index contributed by atoms with van der Waals surface area (Å²) in [6.07, 6.45) is 2.31. The number of urea groups is 1. The summed E-state index contributed by atoms with van der Waals surface area (Å²) in [7, 11) is 0. The number of benzene rings is 1. The maximum atomic E-state index is 13.4. The van der Waals surface area contributed by atoms with Crippen molar-refractivity contribution in [3.63, 3.8) is 0 Å². The number of fused-ring (bicyclic) bond motifs is 1. The Morgan fingerprint density at radius 2 is 1.93 bits per heavy atom. The number of hydrogen-bond donors (Lipinski definition) is 2. The Bertz CT molecular complexity index is 969. The molecule has 1 fully saturated rings. The number of anilines is 1. The number of carbonyl (C=O) groups excluding carboxylic acids is 2. The molecule has 29 heavy (non-hydrogen) atoms. The van der Waals surface area contributed by atoms with E-state index in [0.29, 0.717) is 13.0 Å². The first kappa shape index (κ1) is 19.3. The van der Waals surface area contributed by atoms with Gasteiger partial charge in [0.2, 0.25) is 5.91 Å². The van der Waals surface area contributed by atoms with E-state index in [1.54, 1.807) is 10.9 Å². The summed E-state index contributed by atoms with van der Waals surface area (Å²) in [5, 5.41) is 9.65. The van der Waals surface area contributed by atoms with Gasteiger partial charge < -0.3 is 15.5 Å². The molecule has 2 unspecified atom stereocenters. The molecule has 0 radical (unpaired) electrons. The Morgan fingerprint density at radius 1 is 1.24 bits per heavy atom. The molecule has 10 heteroatoms. The van der Waals surface area contributed by atoms with Crippen molar-refractivity contribution in [2.45, 2.75) is 51.4 Å². The van der Waals surface area contributed by atoms with Gasteiger partial charge in [0.1, 0.15) is 0 Å². The van der Waals surface area contributed by atoms with Crippen LogP contribution in [0, 0.1) is 17.5 Å². The van der Waals surface area contributed by atoms with Crippen molar-refractivity contribution in [1.29, 1.82) is 0 Å². The van der Waals surface area contributed by atoms with Crippen molar-refractivity contribution in [2.24, 2.45) is 0 Å². The predicted octanol–water partition coefficient (Wildman–Crippen LogP) is 2.73. The number of halogens is 3. The third-order valence-electron chi connectivity index (χ3n) is 5.44. The van der Waals surface area contributed by atoms with Gasteiger partial charge in [0.15, 0.2) is 17.5 Å². The lowest BCUT2D eigenvalue weighted by atomic mass is 9.95. The Balaban J connectivity index is 1.56. The summed E-state index contributed by atoms with van der Waals surface area (Å²) < 4.78 is 41.8. The number of nitrogens with zero attached hydrogens (tertiary/aromatic N) is 3. The number of hydrogen-bond acceptors (Lipinski definition) is 3. The number of aromatic nitrogens is 2. The number of carbonyl (C=O) groups is 2. The molecule has 3 heterocycles. The summed E-state index contributed by atoms with van der Waals surface area (Å²) in [6.45, 7) is 4.35. The van der Waals surface area contributed by atoms with Crippen molar-refractivity contribution in [1.82, 2.24) is 20.0 Å². The fourth-order valence-corrected chi connectivity index (χ4v) is 3.94. The SMILES string of the molecule is CC1CC(c2cnn3c2CN(C(=O)Nc2cc(F)c(F)c(F)c2)[C@@H](C)C3)C(=O)N1. The van der Waals surface area contributed by atoms with Gasteiger partial charge in [0.25, 0.3) is 0 Å². The topological polar surface area (TPSA) is 79.3 Å². The standard InChI is InChI=1S/C19H20F3N5O2/c1-9-3-12(18(28)24-9)13-6-23-27-7-10(2)26(8-16(13)27)19(29)25-11-4-14(20)17(22)15(21)5-11/h4-6,9-10,12H,3,7-8H2,1-2H3,(H,24,28)(H,25,29)/t9?,10-,12?/m0/s1. The van der Waals surface area contributed by atoms with Crippen LogP contribution in [-0.4, -0.2) is 38.7 Å². The van der Waals surface area contributed by atoms with Crippen molar-refractivity contribution in [3.8, 4) is 0 Å². The van der Waals surface area contributed by atoms with Gasteiger partial charge in [-0.2, -0.15) is 5.10 Å². The van der Waals surface area contributed by atoms with E-state index >= 15 is 0 Å². The van der Waals surface area contributed by atoms with Gasteiger partial charge in [-0.25, -0.2) is 18.0 Å². The van der Waals surface area contributed by atoms with Gasteiger partial charge in [-0.1, -0.05) is 0 Å². The monoisotopic (exact) mass is 407 g/mol. The molecule has 0 bridgehead atoms. The van der Waals surface area contributed by atoms with Gasteiger partial charge in [-0.15, -0.1) is 0 Å². The lowest BCUT2D eigenvalue weighted by Crippen LogP contribution is -2.47. The maximum absolute atomic E-state index is 13.4. The van der Waals surface area contributed by atoms with Crippen molar-refractivity contribution in [3.05, 3.63) is 47.0 Å². The molecule has 7 nitrogen and oxygen atoms in total. The normalized spacial score (nSPS) is 23.7. The molecule has 2 aliphatic rings. The largest absolute Gasteiger partial charge is 0.353 e. The number of rotatable bonds is 2. The molecule has 0 spiro atoms. The molecule has 4 rings (SSSR count). The minimum atomic E-state index is -1.59. The first-order valence-electron chi connectivity index (χ1n) is 9.31. The number of amides is 3. The molecule has 1 aromatic heterocycles. The summed E-state index contributed by atoms with van der Waals surface area (Å²) in [5.74, 6) is -4.75. The minimum Gasteiger partial charge on any atom is -0.353 e. The molecule has 3 atom stereocenters. The number of nitrogens with one attached hydrogen (secondary N) is 2. The van der Waals surface area contributed by atoms with Gasteiger partial charge >= 0.3 is 6.03 Å². The maximum Gasteiger partial charge on any atom is 0.322 e. The fraction of sp³-hybridized carbons (Fsp3) is 0.421. The highest BCUT2D eigenvalue weighted by molar-refractivity contribution is 5.90. The van der Waals surface area contributed by atoms with Crippen LogP contribution in [0.4, 0.5) is 23.7 Å². The summed E-state index contributed by atoms with van der Waals surface area (Å²) in [6, 6.07) is 0.691. The van der Waals surface area contributed by atoms with E-state index in [4.69, 9.17) is 0 Å². The van der Waals surface area contributed by atoms with Crippen LogP contribution >= 0.6 is 0 Å². The van der Waals surface area contributed by atoms with E-state index in [-0.39, 0.29) is 36.1 Å². The average Bonchev–Trinajstić information content (AvgIpc) is 3.20. The Hall–Kier alpha value is -3.04. The second kappa shape index (κ2) is 7.09. The van der Waals surface area contributed by atoms with Gasteiger partial charge in [0, 0.05) is 29.4 Å². The zero-order chi connectivity index (χ0) is 20.9. The fourth-order valence-electron chi connectivity index (χ4n) is 3.94. The van der Waals surface area contributed by atoms with Crippen molar-refractivity contribution in [2.75, 3.05) is 5.32 Å². The van der Waals surface area contributed by atoms with Gasteiger partial charge in [0.05, 0.1) is 36.9 Å². The van der Waals surface area contributed by atoms with E-state index < -0.39 is 23.5 Å². The minimum absolute atomic E-state index is 0.0632. The van der Waals surface area contributed by atoms with Crippen LogP contribution in [0.2, 0.25) is 0 Å². The summed E-state index contributed by atoms with van der Waals surface area (Å²) >= 11 is 0. The molecular weight excluding hydrogens is 387 g/mol. The average molecular weight is 407 g/mol. The molecule has 2 N–H and O–H groups in total. The first-order chi connectivity index (χ1) is 13.7. The molecule has 3 amide bonds. The smallest absolute Gasteiger partial charge is 0.322 e. The predicted molar refractivity (Wildman–Crippen MR) is 97.5 cm³/mol. The van der Waals surface area contributed by atoms with Crippen molar-refractivity contribution < 1.29 is 22.8 Å². The van der Waals surface area contributed by atoms with Crippen LogP contribution in [0.15, 0.2) is 18.3 Å². The Kier molecular flexibility index (Phi) is 4.71. The first-order valence-corrected chi connectivity index (χ1v) is 9.31. The van der Waals surface area contributed by atoms with E-state index in [1.807, 2.05) is 13.8 Å². The summed E-state index contributed by atoms with van der Waals surface area (Å²) in [4.78, 5) is 26.5. The van der Waals surface area contributed by atoms with Crippen LogP contribution < -0.4 is 10.6 Å². The zero-order valence-corrected chi connectivity index (χ0v) is 15.9. The molecule has 154 valence electrons. The van der Waals surface area contributed by atoms with Crippen LogP contribution in [0.3, 0.4) is 0 Å². The molecule has 2 aliphatic heterocycles. The van der Waals surface area contributed by atoms with Crippen LogP contribution in [-0.2, 0) is 17.9 Å². The molecular formula is C19H20F3N5O2. The van der Waals surface area contributed by atoms with Crippen LogP contribution in [0.25, 0.3) is 0 Å². The van der Waals surface area contributed by atoms with E-state index in [9.17, 15) is 22.8 Å². The molecule has 1 aromatic carbocycles. The highest BCUT2D eigenvalue weighted by Gasteiger charge is 2.37. The second-order valence-electron chi connectivity index (χ2n) is 7.59. The van der Waals surface area contributed by atoms with E-state index in [0.717, 1.165) is 23.4 Å².